The number of ether oxygens (including phenoxy) is 2. The minimum absolute atomic E-state index is 0.387. The van der Waals surface area contributed by atoms with E-state index in [4.69, 9.17) is 9.47 Å². The fraction of sp³-hybridized carbons (Fsp3) is 0.100. The van der Waals surface area contributed by atoms with Gasteiger partial charge in [-0.05, 0) is 36.8 Å². The van der Waals surface area contributed by atoms with Gasteiger partial charge in [0, 0.05) is 12.5 Å². The molecule has 0 atom stereocenters. The standard InChI is InChI=1S/C20H16O4/c1-13-6-8-16(9-7-13)19-12-17(20(22)24-19)10-15-4-3-5-18(11-15)23-14(2)21/h3-12H,1-2H3/b17-10-. The molecule has 0 aromatic heterocycles. The Labute approximate surface area is 140 Å². The molecule has 4 nitrogen and oxygen atoms in total. The Hall–Kier alpha value is -3.14. The van der Waals surface area contributed by atoms with E-state index in [2.05, 4.69) is 0 Å². The summed E-state index contributed by atoms with van der Waals surface area (Å²) >= 11 is 0. The van der Waals surface area contributed by atoms with Gasteiger partial charge in [0.15, 0.2) is 0 Å². The number of hydrogen-bond donors (Lipinski definition) is 0. The largest absolute Gasteiger partial charge is 0.427 e. The highest BCUT2D eigenvalue weighted by Crippen LogP contribution is 2.28. The van der Waals surface area contributed by atoms with Crippen molar-refractivity contribution in [2.75, 3.05) is 0 Å². The number of carbonyl (C=O) groups is 2. The van der Waals surface area contributed by atoms with Crippen LogP contribution in [0.2, 0.25) is 0 Å². The van der Waals surface area contributed by atoms with E-state index in [1.807, 2.05) is 37.3 Å². The van der Waals surface area contributed by atoms with Gasteiger partial charge < -0.3 is 9.47 Å². The highest BCUT2D eigenvalue weighted by molar-refractivity contribution is 6.05. The lowest BCUT2D eigenvalue weighted by Gasteiger charge is -2.02. The van der Waals surface area contributed by atoms with Crippen LogP contribution in [0.15, 0.2) is 60.2 Å². The van der Waals surface area contributed by atoms with E-state index >= 15 is 0 Å². The van der Waals surface area contributed by atoms with Crippen LogP contribution in [0.4, 0.5) is 0 Å². The Morgan fingerprint density at radius 1 is 1.12 bits per heavy atom. The normalized spacial score (nSPS) is 15.2. The monoisotopic (exact) mass is 320 g/mol. The summed E-state index contributed by atoms with van der Waals surface area (Å²) < 4.78 is 10.4. The summed E-state index contributed by atoms with van der Waals surface area (Å²) in [6.45, 7) is 3.34. The minimum Gasteiger partial charge on any atom is -0.427 e. The van der Waals surface area contributed by atoms with Gasteiger partial charge in [-0.2, -0.15) is 0 Å². The fourth-order valence-corrected chi connectivity index (χ4v) is 2.36. The molecule has 3 rings (SSSR count). The van der Waals surface area contributed by atoms with Gasteiger partial charge in [-0.3, -0.25) is 4.79 Å². The molecule has 0 saturated heterocycles. The first kappa shape index (κ1) is 15.7. The number of carbonyl (C=O) groups excluding carboxylic acids is 2. The second-order valence-corrected chi connectivity index (χ2v) is 5.53. The van der Waals surface area contributed by atoms with E-state index in [1.165, 1.54) is 6.92 Å². The highest BCUT2D eigenvalue weighted by atomic mass is 16.5. The van der Waals surface area contributed by atoms with Gasteiger partial charge >= 0.3 is 11.9 Å². The van der Waals surface area contributed by atoms with Crippen molar-refractivity contribution in [3.05, 3.63) is 76.9 Å². The molecule has 0 radical (unpaired) electrons. The molecule has 4 heteroatoms. The smallest absolute Gasteiger partial charge is 0.343 e. The quantitative estimate of drug-likeness (QED) is 0.489. The van der Waals surface area contributed by atoms with Crippen LogP contribution in [0.1, 0.15) is 23.6 Å². The molecule has 0 bridgehead atoms. The maximum Gasteiger partial charge on any atom is 0.343 e. The van der Waals surface area contributed by atoms with Gasteiger partial charge in [-0.25, -0.2) is 4.79 Å². The summed E-state index contributed by atoms with van der Waals surface area (Å²) in [5, 5.41) is 0. The zero-order valence-electron chi connectivity index (χ0n) is 13.4. The van der Waals surface area contributed by atoms with Crippen molar-refractivity contribution < 1.29 is 19.1 Å². The zero-order chi connectivity index (χ0) is 17.1. The van der Waals surface area contributed by atoms with Crippen molar-refractivity contribution in [2.24, 2.45) is 0 Å². The molecule has 2 aromatic carbocycles. The lowest BCUT2D eigenvalue weighted by Crippen LogP contribution is -2.01. The minimum atomic E-state index is -0.400. The van der Waals surface area contributed by atoms with Crippen LogP contribution < -0.4 is 4.74 Å². The SMILES string of the molecule is CC(=O)Oc1cccc(/C=C2/C=C(c3ccc(C)cc3)OC2=O)c1. The number of hydrogen-bond acceptors (Lipinski definition) is 4. The molecule has 1 aliphatic rings. The molecule has 0 saturated carbocycles. The van der Waals surface area contributed by atoms with Crippen molar-refractivity contribution in [2.45, 2.75) is 13.8 Å². The predicted octanol–water partition coefficient (Wildman–Crippen LogP) is 3.90. The van der Waals surface area contributed by atoms with Gasteiger partial charge in [-0.15, -0.1) is 0 Å². The lowest BCUT2D eigenvalue weighted by atomic mass is 10.1. The van der Waals surface area contributed by atoms with Crippen molar-refractivity contribution >= 4 is 23.8 Å². The van der Waals surface area contributed by atoms with Crippen molar-refractivity contribution in [1.82, 2.24) is 0 Å². The maximum atomic E-state index is 12.1. The van der Waals surface area contributed by atoms with Crippen LogP contribution in [0.5, 0.6) is 5.75 Å². The molecule has 0 spiro atoms. The molecule has 0 aliphatic carbocycles. The summed E-state index contributed by atoms with van der Waals surface area (Å²) in [5.74, 6) is 0.179. The number of aryl methyl sites for hydroxylation is 1. The molecule has 0 N–H and O–H groups in total. The molecule has 2 aromatic rings. The fourth-order valence-electron chi connectivity index (χ4n) is 2.36. The Kier molecular flexibility index (Phi) is 4.29. The van der Waals surface area contributed by atoms with Crippen LogP contribution >= 0.6 is 0 Å². The molecule has 1 heterocycles. The molecule has 0 fully saturated rings. The Bertz CT molecular complexity index is 857. The van der Waals surface area contributed by atoms with E-state index in [-0.39, 0.29) is 5.97 Å². The van der Waals surface area contributed by atoms with Gasteiger partial charge in [0.25, 0.3) is 0 Å². The molecular formula is C20H16O4. The first-order valence-electron chi connectivity index (χ1n) is 7.52. The molecule has 120 valence electrons. The third-order valence-electron chi connectivity index (χ3n) is 3.50. The number of rotatable bonds is 3. The molecule has 24 heavy (non-hydrogen) atoms. The van der Waals surface area contributed by atoms with Crippen molar-refractivity contribution in [3.63, 3.8) is 0 Å². The van der Waals surface area contributed by atoms with Crippen LogP contribution in [-0.2, 0) is 14.3 Å². The molecular weight excluding hydrogens is 304 g/mol. The van der Waals surface area contributed by atoms with E-state index in [0.717, 1.165) is 16.7 Å². The van der Waals surface area contributed by atoms with Gasteiger partial charge in [0.1, 0.15) is 11.5 Å². The van der Waals surface area contributed by atoms with E-state index < -0.39 is 5.97 Å². The summed E-state index contributed by atoms with van der Waals surface area (Å²) in [4.78, 5) is 23.1. The first-order valence-corrected chi connectivity index (χ1v) is 7.52. The van der Waals surface area contributed by atoms with Crippen LogP contribution in [0, 0.1) is 6.92 Å². The topological polar surface area (TPSA) is 52.6 Å². The Morgan fingerprint density at radius 2 is 1.88 bits per heavy atom. The third kappa shape index (κ3) is 3.60. The van der Waals surface area contributed by atoms with Crippen molar-refractivity contribution in [3.8, 4) is 5.75 Å². The third-order valence-corrected chi connectivity index (χ3v) is 3.50. The summed E-state index contributed by atoms with van der Waals surface area (Å²) in [7, 11) is 0. The Balaban J connectivity index is 1.88. The lowest BCUT2D eigenvalue weighted by molar-refractivity contribution is -0.132. The number of esters is 2. The first-order chi connectivity index (χ1) is 11.5. The summed E-state index contributed by atoms with van der Waals surface area (Å²) in [6, 6.07) is 14.7. The van der Waals surface area contributed by atoms with Gasteiger partial charge in [-0.1, -0.05) is 42.0 Å². The average Bonchev–Trinajstić information content (AvgIpc) is 2.89. The number of benzene rings is 2. The molecule has 0 unspecified atom stereocenters. The summed E-state index contributed by atoms with van der Waals surface area (Å²) in [5.41, 5.74) is 3.19. The summed E-state index contributed by atoms with van der Waals surface area (Å²) in [6.07, 6.45) is 3.42. The highest BCUT2D eigenvalue weighted by Gasteiger charge is 2.21. The van der Waals surface area contributed by atoms with Crippen LogP contribution in [0.25, 0.3) is 11.8 Å². The van der Waals surface area contributed by atoms with Crippen LogP contribution in [-0.4, -0.2) is 11.9 Å². The second kappa shape index (κ2) is 6.54. The van der Waals surface area contributed by atoms with Gasteiger partial charge in [0.05, 0.1) is 5.57 Å². The molecule has 0 amide bonds. The average molecular weight is 320 g/mol. The Morgan fingerprint density at radius 3 is 2.58 bits per heavy atom. The van der Waals surface area contributed by atoms with E-state index in [1.54, 1.807) is 30.4 Å². The van der Waals surface area contributed by atoms with Crippen molar-refractivity contribution in [1.29, 1.82) is 0 Å². The predicted molar refractivity (Wildman–Crippen MR) is 91.0 cm³/mol. The van der Waals surface area contributed by atoms with Gasteiger partial charge in [0.2, 0.25) is 0 Å². The van der Waals surface area contributed by atoms with Crippen LogP contribution in [0.3, 0.4) is 0 Å². The molecule has 1 aliphatic heterocycles. The second-order valence-electron chi connectivity index (χ2n) is 5.53. The van der Waals surface area contributed by atoms with E-state index in [9.17, 15) is 9.59 Å². The number of cyclic esters (lactones) is 1. The zero-order valence-corrected chi connectivity index (χ0v) is 13.4. The maximum absolute atomic E-state index is 12.1. The van der Waals surface area contributed by atoms with E-state index in [0.29, 0.717) is 17.1 Å².